The number of anilines is 3. The molecule has 2 aromatic rings. The second kappa shape index (κ2) is 11.2. The Labute approximate surface area is 219 Å². The molecule has 2 aromatic heterocycles. The Morgan fingerprint density at radius 3 is 2.62 bits per heavy atom. The summed E-state index contributed by atoms with van der Waals surface area (Å²) in [5, 5.41) is 18.5. The Bertz CT molecular complexity index is 1210. The van der Waals surface area contributed by atoms with E-state index in [2.05, 4.69) is 15.4 Å². The second-order valence-electron chi connectivity index (χ2n) is 9.66. The van der Waals surface area contributed by atoms with Crippen molar-refractivity contribution in [2.24, 2.45) is 0 Å². The third-order valence-electron chi connectivity index (χ3n) is 6.71. The van der Waals surface area contributed by atoms with Crippen LogP contribution in [-0.2, 0) is 17.1 Å². The fourth-order valence-electron chi connectivity index (χ4n) is 4.83. The molecule has 216 valence electrons. The quantitative estimate of drug-likeness (QED) is 0.328. The largest absolute Gasteiger partial charge is 0.423 e. The van der Waals surface area contributed by atoms with Crippen molar-refractivity contribution in [1.29, 1.82) is 0 Å². The van der Waals surface area contributed by atoms with Crippen molar-refractivity contribution in [2.45, 2.75) is 44.0 Å². The van der Waals surface area contributed by atoms with Gasteiger partial charge >= 0.3 is 12.4 Å². The number of fused-ring (bicyclic) bond motifs is 3. The van der Waals surface area contributed by atoms with Gasteiger partial charge in [0, 0.05) is 51.9 Å². The molecule has 39 heavy (non-hydrogen) atoms. The van der Waals surface area contributed by atoms with Gasteiger partial charge in [0.25, 0.3) is 5.56 Å². The van der Waals surface area contributed by atoms with E-state index in [9.17, 15) is 36.2 Å². The van der Waals surface area contributed by atoms with Crippen LogP contribution in [0, 0.1) is 0 Å². The van der Waals surface area contributed by atoms with Gasteiger partial charge in [-0.3, -0.25) is 9.69 Å². The molecule has 4 heterocycles. The summed E-state index contributed by atoms with van der Waals surface area (Å²) in [6, 6.07) is 0.424. The fraction of sp³-hybridized carbons (Fsp3) is 0.609. The zero-order valence-electron chi connectivity index (χ0n) is 21.2. The molecule has 2 aliphatic rings. The zero-order chi connectivity index (χ0) is 28.5. The Hall–Kier alpha value is -3.11. The van der Waals surface area contributed by atoms with E-state index in [1.165, 1.54) is 0 Å². The highest BCUT2D eigenvalue weighted by atomic mass is 19.4. The minimum Gasteiger partial charge on any atom is -0.379 e. The third kappa shape index (κ3) is 6.55. The van der Waals surface area contributed by atoms with Crippen LogP contribution in [0.2, 0.25) is 0 Å². The lowest BCUT2D eigenvalue weighted by atomic mass is 10.1. The maximum Gasteiger partial charge on any atom is 0.423 e. The summed E-state index contributed by atoms with van der Waals surface area (Å²) in [6.07, 6.45) is -8.24. The van der Waals surface area contributed by atoms with E-state index in [4.69, 9.17) is 4.74 Å². The predicted molar refractivity (Wildman–Crippen MR) is 130 cm³/mol. The van der Waals surface area contributed by atoms with Crippen molar-refractivity contribution in [2.75, 3.05) is 61.6 Å². The SMILES string of the molecule is C[C@@H](COCCC(O)N1CCN2c3ncc(C(F)(F)F)cc3N(C)C[C@@H]2C1)Nc1cn[nH]c(=O)c1C(F)(F)F. The van der Waals surface area contributed by atoms with Crippen LogP contribution in [0.25, 0.3) is 0 Å². The molecule has 2 aliphatic heterocycles. The van der Waals surface area contributed by atoms with Crippen LogP contribution in [0.15, 0.2) is 23.3 Å². The van der Waals surface area contributed by atoms with E-state index < -0.39 is 47.0 Å². The topological polar surface area (TPSA) is 110 Å². The van der Waals surface area contributed by atoms with E-state index in [1.807, 2.05) is 9.80 Å². The lowest BCUT2D eigenvalue weighted by Crippen LogP contribution is -2.61. The molecule has 0 bridgehead atoms. The van der Waals surface area contributed by atoms with Crippen molar-refractivity contribution in [3.05, 3.63) is 39.9 Å². The number of nitrogens with zero attached hydrogens (tertiary/aromatic N) is 5. The summed E-state index contributed by atoms with van der Waals surface area (Å²) < 4.78 is 84.5. The number of aromatic amines is 1. The minimum atomic E-state index is -4.86. The second-order valence-corrected chi connectivity index (χ2v) is 9.66. The number of hydrogen-bond acceptors (Lipinski definition) is 9. The predicted octanol–water partition coefficient (Wildman–Crippen LogP) is 2.37. The summed E-state index contributed by atoms with van der Waals surface area (Å²) in [5.74, 6) is 0.477. The van der Waals surface area contributed by atoms with Gasteiger partial charge in [0.2, 0.25) is 0 Å². The zero-order valence-corrected chi connectivity index (χ0v) is 21.2. The van der Waals surface area contributed by atoms with Crippen LogP contribution in [0.4, 0.5) is 43.5 Å². The Morgan fingerprint density at radius 2 is 1.92 bits per heavy atom. The van der Waals surface area contributed by atoms with Crippen molar-refractivity contribution < 1.29 is 36.2 Å². The van der Waals surface area contributed by atoms with E-state index in [1.54, 1.807) is 24.0 Å². The molecule has 0 aromatic carbocycles. The first kappa shape index (κ1) is 28.9. The average Bonchev–Trinajstić information content (AvgIpc) is 2.84. The van der Waals surface area contributed by atoms with Crippen LogP contribution in [0.1, 0.15) is 24.5 Å². The number of aliphatic hydroxyl groups excluding tert-OH is 1. The van der Waals surface area contributed by atoms with E-state index in [-0.39, 0.29) is 25.7 Å². The number of pyridine rings is 1. The van der Waals surface area contributed by atoms with E-state index in [0.29, 0.717) is 37.7 Å². The fourth-order valence-corrected chi connectivity index (χ4v) is 4.83. The van der Waals surface area contributed by atoms with Crippen LogP contribution >= 0.6 is 0 Å². The monoisotopic (exact) mass is 565 g/mol. The summed E-state index contributed by atoms with van der Waals surface area (Å²) in [7, 11) is 1.70. The van der Waals surface area contributed by atoms with E-state index in [0.717, 1.165) is 18.5 Å². The highest BCUT2D eigenvalue weighted by Crippen LogP contribution is 2.39. The number of piperazine rings is 1. The van der Waals surface area contributed by atoms with E-state index >= 15 is 0 Å². The Kier molecular flexibility index (Phi) is 8.28. The molecule has 0 radical (unpaired) electrons. The van der Waals surface area contributed by atoms with Crippen LogP contribution in [-0.4, -0.2) is 89.9 Å². The molecule has 0 spiro atoms. The average molecular weight is 566 g/mol. The first-order valence-corrected chi connectivity index (χ1v) is 12.2. The van der Waals surface area contributed by atoms with Crippen LogP contribution in [0.3, 0.4) is 0 Å². The first-order chi connectivity index (χ1) is 18.3. The van der Waals surface area contributed by atoms with Crippen molar-refractivity contribution >= 4 is 17.2 Å². The molecular weight excluding hydrogens is 536 g/mol. The number of rotatable bonds is 8. The van der Waals surface area contributed by atoms with Gasteiger partial charge in [-0.25, -0.2) is 10.1 Å². The number of aliphatic hydroxyl groups is 1. The molecule has 10 nitrogen and oxygen atoms in total. The van der Waals surface area contributed by atoms with Gasteiger partial charge in [0.15, 0.2) is 5.82 Å². The van der Waals surface area contributed by atoms with Crippen molar-refractivity contribution in [1.82, 2.24) is 20.1 Å². The number of H-pyrrole nitrogens is 1. The molecular formula is C23H29F6N7O3. The molecule has 3 N–H and O–H groups in total. The molecule has 1 unspecified atom stereocenters. The summed E-state index contributed by atoms with van der Waals surface area (Å²) in [5.41, 5.74) is -3.57. The lowest BCUT2D eigenvalue weighted by molar-refractivity contribution is -0.138. The lowest BCUT2D eigenvalue weighted by Gasteiger charge is -2.49. The van der Waals surface area contributed by atoms with Gasteiger partial charge in [-0.2, -0.15) is 31.4 Å². The Morgan fingerprint density at radius 1 is 1.18 bits per heavy atom. The van der Waals surface area contributed by atoms with Crippen molar-refractivity contribution in [3.63, 3.8) is 0 Å². The normalized spacial score (nSPS) is 19.9. The van der Waals surface area contributed by atoms with Crippen LogP contribution in [0.5, 0.6) is 0 Å². The Balaban J connectivity index is 1.26. The molecule has 0 aliphatic carbocycles. The number of ether oxygens (including phenoxy) is 1. The number of likely N-dealkylation sites (N-methyl/N-ethyl adjacent to an activating group) is 1. The van der Waals surface area contributed by atoms with Crippen molar-refractivity contribution in [3.8, 4) is 0 Å². The van der Waals surface area contributed by atoms with Gasteiger partial charge < -0.3 is 25.0 Å². The summed E-state index contributed by atoms with van der Waals surface area (Å²) in [6.45, 7) is 3.56. The molecule has 0 saturated carbocycles. The van der Waals surface area contributed by atoms with Gasteiger partial charge in [0.05, 0.1) is 42.4 Å². The van der Waals surface area contributed by atoms with Gasteiger partial charge in [-0.05, 0) is 13.0 Å². The number of alkyl halides is 6. The standard InChI is InChI=1S/C23H29F6N7O3/c1-13(32-16-9-31-33-21(38)19(16)23(27,28)29)12-39-6-3-18(37)35-4-5-36-15(11-35)10-34(2)17-7-14(22(24,25)26)8-30-20(17)36/h7-9,13,15,18,37H,3-6,10-12H2,1-2H3,(H2,32,33,38)/t13-,15+,18?/m0/s1. The highest BCUT2D eigenvalue weighted by Gasteiger charge is 2.39. The number of hydrogen-bond donors (Lipinski definition) is 3. The van der Waals surface area contributed by atoms with Crippen LogP contribution < -0.4 is 20.7 Å². The summed E-state index contributed by atoms with van der Waals surface area (Å²) in [4.78, 5) is 21.2. The highest BCUT2D eigenvalue weighted by molar-refractivity contribution is 5.71. The summed E-state index contributed by atoms with van der Waals surface area (Å²) >= 11 is 0. The van der Waals surface area contributed by atoms with Gasteiger partial charge in [-0.1, -0.05) is 0 Å². The minimum absolute atomic E-state index is 0.0143. The molecule has 16 heteroatoms. The van der Waals surface area contributed by atoms with Gasteiger partial charge in [0.1, 0.15) is 11.8 Å². The van der Waals surface area contributed by atoms with Gasteiger partial charge in [-0.15, -0.1) is 0 Å². The maximum absolute atomic E-state index is 13.2. The maximum atomic E-state index is 13.2. The molecule has 1 fully saturated rings. The molecule has 4 rings (SSSR count). The molecule has 3 atom stereocenters. The first-order valence-electron chi connectivity index (χ1n) is 12.2. The number of halogens is 6. The molecule has 1 saturated heterocycles. The smallest absolute Gasteiger partial charge is 0.379 e. The number of nitrogens with one attached hydrogen (secondary N) is 2. The number of aromatic nitrogens is 3. The third-order valence-corrected chi connectivity index (χ3v) is 6.71. The molecule has 0 amide bonds.